The average Bonchev–Trinajstić information content (AvgIpc) is 2.82. The predicted octanol–water partition coefficient (Wildman–Crippen LogP) is 6.11. The van der Waals surface area contributed by atoms with Crippen LogP contribution < -0.4 is 14.4 Å². The molecule has 0 aliphatic heterocycles. The van der Waals surface area contributed by atoms with E-state index in [0.717, 1.165) is 5.56 Å². The zero-order valence-corrected chi connectivity index (χ0v) is 20.9. The molecule has 6 nitrogen and oxygen atoms in total. The third-order valence-corrected chi connectivity index (χ3v) is 7.36. The highest BCUT2D eigenvalue weighted by molar-refractivity contribution is 7.92. The molecule has 0 fully saturated rings. The number of hydrogen-bond acceptors (Lipinski definition) is 4. The van der Waals surface area contributed by atoms with Crippen molar-refractivity contribution in [2.75, 3.05) is 23.3 Å². The minimum absolute atomic E-state index is 0.00856. The largest absolute Gasteiger partial charge is 0.495 e. The molecule has 0 saturated heterocycles. The van der Waals surface area contributed by atoms with Gasteiger partial charge in [-0.2, -0.15) is 0 Å². The number of hydrogen-bond donors (Lipinski definition) is 1. The fourth-order valence-electron chi connectivity index (χ4n) is 3.55. The Hall–Kier alpha value is -3.29. The molecule has 0 atom stereocenters. The number of amides is 1. The monoisotopic (exact) mass is 498 g/mol. The minimum atomic E-state index is -4.07. The molecule has 0 unspecified atom stereocenters. The van der Waals surface area contributed by atoms with Crippen molar-refractivity contribution in [3.8, 4) is 5.75 Å². The maximum Gasteiger partial charge on any atom is 0.264 e. The zero-order chi connectivity index (χ0) is 24.9. The third-order valence-electron chi connectivity index (χ3n) is 5.25. The van der Waals surface area contributed by atoms with Gasteiger partial charge in [0, 0.05) is 5.69 Å². The summed E-state index contributed by atoms with van der Waals surface area (Å²) < 4.78 is 33.8. The van der Waals surface area contributed by atoms with Gasteiger partial charge >= 0.3 is 0 Å². The van der Waals surface area contributed by atoms with Gasteiger partial charge in [0.15, 0.2) is 0 Å². The van der Waals surface area contributed by atoms with Crippen molar-refractivity contribution in [2.45, 2.75) is 24.7 Å². The van der Waals surface area contributed by atoms with Crippen LogP contribution >= 0.6 is 11.6 Å². The van der Waals surface area contributed by atoms with Crippen molar-refractivity contribution < 1.29 is 17.9 Å². The predicted molar refractivity (Wildman–Crippen MR) is 138 cm³/mol. The molecule has 3 aromatic carbocycles. The Morgan fingerprint density at radius 2 is 1.79 bits per heavy atom. The van der Waals surface area contributed by atoms with Gasteiger partial charge in [0.1, 0.15) is 5.75 Å². The highest BCUT2D eigenvalue weighted by atomic mass is 35.5. The minimum Gasteiger partial charge on any atom is -0.495 e. The van der Waals surface area contributed by atoms with Gasteiger partial charge < -0.3 is 10.1 Å². The van der Waals surface area contributed by atoms with Gasteiger partial charge in [-0.25, -0.2) is 8.42 Å². The second-order valence-corrected chi connectivity index (χ2v) is 10.1. The van der Waals surface area contributed by atoms with E-state index in [1.54, 1.807) is 30.3 Å². The van der Waals surface area contributed by atoms with Crippen molar-refractivity contribution in [3.05, 3.63) is 95.5 Å². The first-order valence-corrected chi connectivity index (χ1v) is 12.5. The maximum atomic E-state index is 13.6. The van der Waals surface area contributed by atoms with E-state index in [-0.39, 0.29) is 27.9 Å². The number of methoxy groups -OCH3 is 1. The van der Waals surface area contributed by atoms with Crippen molar-refractivity contribution in [3.63, 3.8) is 0 Å². The molecule has 0 spiro atoms. The molecule has 0 bridgehead atoms. The summed E-state index contributed by atoms with van der Waals surface area (Å²) in [5.41, 5.74) is 2.02. The Balaban J connectivity index is 2.03. The van der Waals surface area contributed by atoms with Crippen LogP contribution in [0.5, 0.6) is 5.75 Å². The molecule has 3 rings (SSSR count). The number of sulfonamides is 1. The molecule has 1 N–H and O–H groups in total. The van der Waals surface area contributed by atoms with E-state index < -0.39 is 15.9 Å². The number of benzene rings is 3. The molecule has 178 valence electrons. The molecule has 1 amide bonds. The van der Waals surface area contributed by atoms with Crippen LogP contribution in [0.25, 0.3) is 0 Å². The van der Waals surface area contributed by atoms with Gasteiger partial charge in [-0.3, -0.25) is 9.10 Å². The smallest absolute Gasteiger partial charge is 0.264 e. The first kappa shape index (κ1) is 25.3. The summed E-state index contributed by atoms with van der Waals surface area (Å²) in [5, 5.41) is 3.01. The Morgan fingerprint density at radius 1 is 1.12 bits per heavy atom. The van der Waals surface area contributed by atoms with Gasteiger partial charge in [0.05, 0.1) is 34.8 Å². The molecule has 0 saturated carbocycles. The molecular weight excluding hydrogens is 472 g/mol. The number of carbonyl (C=O) groups is 1. The fourth-order valence-corrected chi connectivity index (χ4v) is 5.23. The van der Waals surface area contributed by atoms with Crippen LogP contribution in [0, 0.1) is 0 Å². The summed E-state index contributed by atoms with van der Waals surface area (Å²) >= 11 is 6.31. The van der Waals surface area contributed by atoms with E-state index in [2.05, 4.69) is 11.9 Å². The van der Waals surface area contributed by atoms with Crippen LogP contribution in [0.1, 0.15) is 35.7 Å². The molecule has 0 aromatic heterocycles. The molecule has 3 aromatic rings. The fraction of sp³-hybridized carbons (Fsp3) is 0.192. The lowest BCUT2D eigenvalue weighted by Crippen LogP contribution is -2.31. The maximum absolute atomic E-state index is 13.6. The summed E-state index contributed by atoms with van der Waals surface area (Å²) in [6, 6.07) is 18.3. The summed E-state index contributed by atoms with van der Waals surface area (Å²) in [6.07, 6.45) is 1.48. The van der Waals surface area contributed by atoms with Crippen LogP contribution in [0.15, 0.2) is 84.3 Å². The Morgan fingerprint density at radius 3 is 2.47 bits per heavy atom. The number of ether oxygens (including phenoxy) is 1. The standard InChI is InChI=1S/C26H27ClN2O4S/c1-5-16-29(24-12-8-9-13-25(24)33-4)34(31,32)19-14-15-22(27)21(17-19)26(30)28-23-11-7-6-10-20(23)18(2)3/h5-15,17-18H,1,16H2,2-4H3,(H,28,30). The van der Waals surface area contributed by atoms with Gasteiger partial charge in [0.2, 0.25) is 0 Å². The zero-order valence-electron chi connectivity index (χ0n) is 19.3. The molecule has 0 heterocycles. The van der Waals surface area contributed by atoms with Crippen molar-refractivity contribution in [1.82, 2.24) is 0 Å². The molecule has 34 heavy (non-hydrogen) atoms. The summed E-state index contributed by atoms with van der Waals surface area (Å²) in [5.74, 6) is 0.0832. The lowest BCUT2D eigenvalue weighted by Gasteiger charge is -2.25. The van der Waals surface area contributed by atoms with Crippen molar-refractivity contribution >= 4 is 38.9 Å². The molecule has 0 aliphatic rings. The number of anilines is 2. The lowest BCUT2D eigenvalue weighted by atomic mass is 10.0. The van der Waals surface area contributed by atoms with Gasteiger partial charge in [-0.15, -0.1) is 6.58 Å². The van der Waals surface area contributed by atoms with Crippen LogP contribution in [-0.2, 0) is 10.0 Å². The number of para-hydroxylation sites is 3. The number of halogens is 1. The van der Waals surface area contributed by atoms with Crippen LogP contribution in [0.4, 0.5) is 11.4 Å². The number of rotatable bonds is 9. The first-order chi connectivity index (χ1) is 16.2. The highest BCUT2D eigenvalue weighted by Crippen LogP contribution is 2.33. The lowest BCUT2D eigenvalue weighted by molar-refractivity contribution is 0.102. The number of carbonyl (C=O) groups excluding carboxylic acids is 1. The van der Waals surface area contributed by atoms with E-state index >= 15 is 0 Å². The van der Waals surface area contributed by atoms with E-state index in [4.69, 9.17) is 16.3 Å². The quantitative estimate of drug-likeness (QED) is 0.361. The van der Waals surface area contributed by atoms with Gasteiger partial charge in [0.25, 0.3) is 15.9 Å². The van der Waals surface area contributed by atoms with Gasteiger partial charge in [-0.1, -0.05) is 61.9 Å². The van der Waals surface area contributed by atoms with E-state index in [1.165, 1.54) is 35.7 Å². The SMILES string of the molecule is C=CCN(c1ccccc1OC)S(=O)(=O)c1ccc(Cl)c(C(=O)Nc2ccccc2C(C)C)c1. The molecular formula is C26H27ClN2O4S. The number of nitrogens with zero attached hydrogens (tertiary/aromatic N) is 1. The van der Waals surface area contributed by atoms with E-state index in [9.17, 15) is 13.2 Å². The van der Waals surface area contributed by atoms with Crippen molar-refractivity contribution in [2.24, 2.45) is 0 Å². The molecule has 8 heteroatoms. The second-order valence-electron chi connectivity index (χ2n) is 7.83. The topological polar surface area (TPSA) is 75.7 Å². The second kappa shape index (κ2) is 10.8. The Kier molecular flexibility index (Phi) is 8.02. The Labute approximate surface area is 205 Å². The summed E-state index contributed by atoms with van der Waals surface area (Å²) in [7, 11) is -2.60. The summed E-state index contributed by atoms with van der Waals surface area (Å²) in [4.78, 5) is 13.0. The summed E-state index contributed by atoms with van der Waals surface area (Å²) in [6.45, 7) is 7.74. The van der Waals surface area contributed by atoms with Crippen molar-refractivity contribution in [1.29, 1.82) is 0 Å². The van der Waals surface area contributed by atoms with Crippen LogP contribution in [0.3, 0.4) is 0 Å². The molecule has 0 aliphatic carbocycles. The van der Waals surface area contributed by atoms with E-state index in [1.807, 2.05) is 32.0 Å². The average molecular weight is 499 g/mol. The van der Waals surface area contributed by atoms with Crippen LogP contribution in [-0.4, -0.2) is 28.0 Å². The third kappa shape index (κ3) is 5.26. The number of nitrogens with one attached hydrogen (secondary N) is 1. The molecule has 0 radical (unpaired) electrons. The van der Waals surface area contributed by atoms with Crippen LogP contribution in [0.2, 0.25) is 5.02 Å². The normalized spacial score (nSPS) is 11.2. The van der Waals surface area contributed by atoms with E-state index in [0.29, 0.717) is 17.1 Å². The van der Waals surface area contributed by atoms with Gasteiger partial charge in [-0.05, 0) is 47.9 Å². The first-order valence-electron chi connectivity index (χ1n) is 10.7. The Bertz CT molecular complexity index is 1310. The highest BCUT2D eigenvalue weighted by Gasteiger charge is 2.28.